The van der Waals surface area contributed by atoms with Crippen LogP contribution in [0, 0.1) is 12.4 Å². The number of amides is 1. The molecule has 0 fully saturated rings. The molecule has 8 nitrogen and oxygen atoms in total. The molecule has 3 aromatic rings. The number of alkyl halides is 2. The van der Waals surface area contributed by atoms with Gasteiger partial charge in [-0.2, -0.15) is 5.10 Å². The molecule has 2 aromatic heterocycles. The normalized spacial score (nSPS) is 10.9. The molecule has 0 unspecified atom stereocenters. The Hall–Kier alpha value is -3.33. The molecule has 0 aliphatic carbocycles. The van der Waals surface area contributed by atoms with Crippen LogP contribution in [-0.2, 0) is 11.3 Å². The van der Waals surface area contributed by atoms with Gasteiger partial charge >= 0.3 is 0 Å². The Balaban J connectivity index is 1.97. The fourth-order valence-corrected chi connectivity index (χ4v) is 2.68. The summed E-state index contributed by atoms with van der Waals surface area (Å²) in [5.41, 5.74) is -1.72. The van der Waals surface area contributed by atoms with Crippen LogP contribution in [0.25, 0.3) is 15.6 Å². The number of aromatic nitrogens is 4. The Kier molecular flexibility index (Phi) is 5.36. The van der Waals surface area contributed by atoms with Crippen molar-refractivity contribution in [3.63, 3.8) is 0 Å². The Morgan fingerprint density at radius 3 is 2.61 bits per heavy atom. The molecular weight excluding hydrogens is 445 g/mol. The predicted molar refractivity (Wildman–Crippen MR) is 95.5 cm³/mol. The summed E-state index contributed by atoms with van der Waals surface area (Å²) in [5.74, 6) is -2.00. The molecule has 0 aliphatic heterocycles. The molecule has 0 aliphatic rings. The van der Waals surface area contributed by atoms with Gasteiger partial charge < -0.3 is 0 Å². The second-order valence-corrected chi connectivity index (χ2v) is 6.21. The molecule has 2 heterocycles. The van der Waals surface area contributed by atoms with Crippen LogP contribution < -0.4 is 10.9 Å². The van der Waals surface area contributed by atoms with E-state index in [0.29, 0.717) is 4.68 Å². The predicted octanol–water partition coefficient (Wildman–Crippen LogP) is 3.22. The van der Waals surface area contributed by atoms with Gasteiger partial charge in [-0.25, -0.2) is 32.7 Å². The van der Waals surface area contributed by atoms with Crippen molar-refractivity contribution >= 4 is 44.2 Å². The number of hydrogen-bond acceptors (Lipinski definition) is 5. The number of carbonyl (C=O) groups is 1. The number of halogens is 4. The number of fused-ring (bicyclic) bond motifs is 1. The first kappa shape index (κ1) is 19.4. The first-order chi connectivity index (χ1) is 13.3. The highest BCUT2D eigenvalue weighted by Crippen LogP contribution is 2.29. The van der Waals surface area contributed by atoms with E-state index in [0.717, 1.165) is 0 Å². The molecule has 12 heteroatoms. The second-order valence-electron chi connectivity index (χ2n) is 5.36. The molecule has 0 radical (unpaired) electrons. The number of rotatable bonds is 4. The van der Waals surface area contributed by atoms with Crippen molar-refractivity contribution in [1.29, 1.82) is 0 Å². The summed E-state index contributed by atoms with van der Waals surface area (Å²) in [6.45, 7) is 6.08. The van der Waals surface area contributed by atoms with Gasteiger partial charge in [-0.15, -0.1) is 0 Å². The van der Waals surface area contributed by atoms with E-state index in [4.69, 9.17) is 6.57 Å². The van der Waals surface area contributed by atoms with Crippen molar-refractivity contribution < 1.29 is 18.0 Å². The fourth-order valence-electron chi connectivity index (χ4n) is 2.35. The van der Waals surface area contributed by atoms with Crippen LogP contribution in [-0.4, -0.2) is 25.7 Å². The molecule has 3 rings (SSSR count). The van der Waals surface area contributed by atoms with Crippen LogP contribution in [0.2, 0.25) is 0 Å². The van der Waals surface area contributed by atoms with Crippen molar-refractivity contribution in [3.8, 4) is 0 Å². The molecule has 1 amide bonds. The maximum atomic E-state index is 14.3. The van der Waals surface area contributed by atoms with Crippen molar-refractivity contribution in [2.75, 3.05) is 5.32 Å². The third kappa shape index (κ3) is 3.70. The minimum atomic E-state index is -3.18. The maximum absolute atomic E-state index is 14.3. The van der Waals surface area contributed by atoms with Gasteiger partial charge in [-0.1, -0.05) is 0 Å². The summed E-state index contributed by atoms with van der Waals surface area (Å²) in [6.07, 6.45) is -0.831. The quantitative estimate of drug-likeness (QED) is 0.613. The SMILES string of the molecule is [C-]#[N+]c1cnc(NC(=O)Cn2nc(C(F)F)c3c(F)c(Br)ccc3c2=O)nc1. The highest BCUT2D eigenvalue weighted by molar-refractivity contribution is 9.10. The molecule has 28 heavy (non-hydrogen) atoms. The smallest absolute Gasteiger partial charge is 0.282 e. The molecule has 1 aromatic carbocycles. The van der Waals surface area contributed by atoms with E-state index in [1.54, 1.807) is 0 Å². The van der Waals surface area contributed by atoms with Crippen LogP contribution in [0.3, 0.4) is 0 Å². The monoisotopic (exact) mass is 452 g/mol. The Labute approximate surface area is 163 Å². The van der Waals surface area contributed by atoms with E-state index >= 15 is 0 Å². The topological polar surface area (TPSA) is 94.1 Å². The Bertz CT molecular complexity index is 1170. The van der Waals surface area contributed by atoms with E-state index < -0.39 is 41.3 Å². The summed E-state index contributed by atoms with van der Waals surface area (Å²) in [7, 11) is 0. The number of hydrogen-bond donors (Lipinski definition) is 1. The number of nitrogens with zero attached hydrogens (tertiary/aromatic N) is 5. The summed E-state index contributed by atoms with van der Waals surface area (Å²) in [6, 6.07) is 2.37. The number of nitrogens with one attached hydrogen (secondary N) is 1. The average Bonchev–Trinajstić information content (AvgIpc) is 2.67. The third-order valence-electron chi connectivity index (χ3n) is 3.56. The molecule has 0 spiro atoms. The fraction of sp³-hybridized carbons (Fsp3) is 0.125. The Morgan fingerprint density at radius 2 is 2.00 bits per heavy atom. The first-order valence-electron chi connectivity index (χ1n) is 7.48. The summed E-state index contributed by atoms with van der Waals surface area (Å²) in [5, 5.41) is 4.77. The van der Waals surface area contributed by atoms with Gasteiger partial charge in [0.25, 0.3) is 12.0 Å². The van der Waals surface area contributed by atoms with E-state index in [2.05, 4.69) is 41.2 Å². The molecule has 0 atom stereocenters. The van der Waals surface area contributed by atoms with Gasteiger partial charge in [0.2, 0.25) is 17.5 Å². The van der Waals surface area contributed by atoms with Crippen LogP contribution in [0.15, 0.2) is 33.8 Å². The van der Waals surface area contributed by atoms with Crippen LogP contribution >= 0.6 is 15.9 Å². The Morgan fingerprint density at radius 1 is 1.32 bits per heavy atom. The van der Waals surface area contributed by atoms with Gasteiger partial charge in [-0.05, 0) is 28.1 Å². The van der Waals surface area contributed by atoms with Crippen molar-refractivity contribution in [3.05, 3.63) is 62.3 Å². The van der Waals surface area contributed by atoms with Gasteiger partial charge in [-0.3, -0.25) is 14.9 Å². The first-order valence-corrected chi connectivity index (χ1v) is 8.27. The van der Waals surface area contributed by atoms with Gasteiger partial charge in [0.1, 0.15) is 18.1 Å². The average molecular weight is 453 g/mol. The lowest BCUT2D eigenvalue weighted by Crippen LogP contribution is -2.31. The third-order valence-corrected chi connectivity index (χ3v) is 4.18. The zero-order chi connectivity index (χ0) is 20.4. The number of anilines is 1. The summed E-state index contributed by atoms with van der Waals surface area (Å²) in [4.78, 5) is 35.1. The van der Waals surface area contributed by atoms with Crippen molar-refractivity contribution in [2.45, 2.75) is 13.0 Å². The zero-order valence-electron chi connectivity index (χ0n) is 13.7. The minimum Gasteiger partial charge on any atom is -0.293 e. The highest BCUT2D eigenvalue weighted by atomic mass is 79.9. The van der Waals surface area contributed by atoms with Gasteiger partial charge in [0.05, 0.1) is 21.8 Å². The second kappa shape index (κ2) is 7.73. The molecular formula is C16H8BrF3N6O2. The van der Waals surface area contributed by atoms with Crippen molar-refractivity contribution in [1.82, 2.24) is 19.7 Å². The molecule has 0 saturated heterocycles. The lowest BCUT2D eigenvalue weighted by molar-refractivity contribution is -0.117. The van der Waals surface area contributed by atoms with Crippen LogP contribution in [0.5, 0.6) is 0 Å². The lowest BCUT2D eigenvalue weighted by Gasteiger charge is -2.11. The van der Waals surface area contributed by atoms with Crippen molar-refractivity contribution in [2.24, 2.45) is 0 Å². The van der Waals surface area contributed by atoms with Gasteiger partial charge in [0.15, 0.2) is 0 Å². The number of carbonyl (C=O) groups excluding carboxylic acids is 1. The zero-order valence-corrected chi connectivity index (χ0v) is 15.2. The number of benzene rings is 1. The highest BCUT2D eigenvalue weighted by Gasteiger charge is 2.23. The van der Waals surface area contributed by atoms with E-state index in [-0.39, 0.29) is 21.5 Å². The standard InChI is InChI=1S/C16H8BrF3N6O2/c1-21-7-4-22-16(23-5-7)24-10(27)6-26-15(28)8-2-3-9(17)12(18)11(8)13(25-26)14(19)20/h2-5,14H,6H2,(H,22,23,24,27). The minimum absolute atomic E-state index is 0.0985. The maximum Gasteiger partial charge on any atom is 0.282 e. The molecule has 0 bridgehead atoms. The largest absolute Gasteiger partial charge is 0.293 e. The summed E-state index contributed by atoms with van der Waals surface area (Å²) >= 11 is 2.88. The van der Waals surface area contributed by atoms with Crippen LogP contribution in [0.1, 0.15) is 12.1 Å². The van der Waals surface area contributed by atoms with E-state index in [1.165, 1.54) is 24.5 Å². The van der Waals surface area contributed by atoms with Gasteiger partial charge in [0, 0.05) is 12.4 Å². The van der Waals surface area contributed by atoms with E-state index in [1.807, 2.05) is 0 Å². The molecule has 0 saturated carbocycles. The van der Waals surface area contributed by atoms with E-state index in [9.17, 15) is 22.8 Å². The van der Waals surface area contributed by atoms with Crippen LogP contribution in [0.4, 0.5) is 24.8 Å². The summed E-state index contributed by atoms with van der Waals surface area (Å²) < 4.78 is 41.4. The lowest BCUT2D eigenvalue weighted by atomic mass is 10.1. The molecule has 142 valence electrons. The molecule has 1 N–H and O–H groups in total.